The molecule has 3 heteroatoms. The molecule has 0 aliphatic carbocycles. The van der Waals surface area contributed by atoms with Crippen molar-refractivity contribution in [1.82, 2.24) is 0 Å². The van der Waals surface area contributed by atoms with Crippen molar-refractivity contribution >= 4 is 6.29 Å². The van der Waals surface area contributed by atoms with Gasteiger partial charge in [-0.2, -0.15) is 0 Å². The van der Waals surface area contributed by atoms with Gasteiger partial charge in [-0.3, -0.25) is 4.79 Å². The number of hydrogen-bond acceptors (Lipinski definition) is 2. The van der Waals surface area contributed by atoms with Crippen LogP contribution in [0.1, 0.15) is 55.5 Å². The number of halogens is 1. The third-order valence-electron chi connectivity index (χ3n) is 3.53. The highest BCUT2D eigenvalue weighted by Crippen LogP contribution is 2.42. The Labute approximate surface area is 107 Å². The smallest absolute Gasteiger partial charge is 0.153 e. The lowest BCUT2D eigenvalue weighted by molar-refractivity contribution is 0.0719. The highest BCUT2D eigenvalue weighted by atomic mass is 19.1. The third kappa shape index (κ3) is 2.26. The average molecular weight is 250 g/mol. The molecule has 1 heterocycles. The predicted molar refractivity (Wildman–Crippen MR) is 68.7 cm³/mol. The number of fused-ring (bicyclic) bond motifs is 1. The summed E-state index contributed by atoms with van der Waals surface area (Å²) >= 11 is 0. The molecule has 0 fully saturated rings. The summed E-state index contributed by atoms with van der Waals surface area (Å²) in [4.78, 5) is 11.0. The summed E-state index contributed by atoms with van der Waals surface area (Å²) in [6, 6.07) is 2.75. The third-order valence-corrected chi connectivity index (χ3v) is 3.53. The number of ether oxygens (including phenoxy) is 1. The van der Waals surface area contributed by atoms with Gasteiger partial charge in [0.2, 0.25) is 0 Å². The molecule has 0 spiro atoms. The zero-order valence-corrected chi connectivity index (χ0v) is 11.0. The van der Waals surface area contributed by atoms with Gasteiger partial charge in [0.25, 0.3) is 0 Å². The maximum atomic E-state index is 13.4. The maximum absolute atomic E-state index is 13.4. The molecule has 0 saturated heterocycles. The summed E-state index contributed by atoms with van der Waals surface area (Å²) in [5.74, 6) is 0.233. The van der Waals surface area contributed by atoms with E-state index in [-0.39, 0.29) is 11.4 Å². The van der Waals surface area contributed by atoms with Crippen molar-refractivity contribution in [2.75, 3.05) is 0 Å². The van der Waals surface area contributed by atoms with E-state index in [0.717, 1.165) is 31.2 Å². The van der Waals surface area contributed by atoms with Crippen LogP contribution in [0, 0.1) is 5.82 Å². The molecule has 0 N–H and O–H groups in total. The van der Waals surface area contributed by atoms with Gasteiger partial charge in [0.05, 0.1) is 5.56 Å². The predicted octanol–water partition coefficient (Wildman–Crippen LogP) is 3.91. The number of aldehydes is 1. The van der Waals surface area contributed by atoms with E-state index in [1.54, 1.807) is 0 Å². The van der Waals surface area contributed by atoms with Gasteiger partial charge in [0.15, 0.2) is 6.29 Å². The summed E-state index contributed by atoms with van der Waals surface area (Å²) in [6.45, 7) is 4.23. The molecule has 0 unspecified atom stereocenters. The van der Waals surface area contributed by atoms with E-state index in [9.17, 15) is 9.18 Å². The molecular weight excluding hydrogens is 231 g/mol. The molecule has 2 nitrogen and oxygen atoms in total. The second kappa shape index (κ2) is 5.09. The van der Waals surface area contributed by atoms with Crippen molar-refractivity contribution < 1.29 is 13.9 Å². The Balaban J connectivity index is 2.37. The number of hydrogen-bond donors (Lipinski definition) is 0. The summed E-state index contributed by atoms with van der Waals surface area (Å²) in [5, 5.41) is 0. The molecule has 1 aliphatic rings. The largest absolute Gasteiger partial charge is 0.486 e. The van der Waals surface area contributed by atoms with Crippen LogP contribution in [0.25, 0.3) is 0 Å². The van der Waals surface area contributed by atoms with Gasteiger partial charge in [-0.1, -0.05) is 26.7 Å². The summed E-state index contributed by atoms with van der Waals surface area (Å²) < 4.78 is 19.5. The van der Waals surface area contributed by atoms with Crippen molar-refractivity contribution in [2.24, 2.45) is 0 Å². The maximum Gasteiger partial charge on any atom is 0.153 e. The van der Waals surface area contributed by atoms with Gasteiger partial charge < -0.3 is 4.74 Å². The van der Waals surface area contributed by atoms with Gasteiger partial charge in [-0.25, -0.2) is 4.39 Å². The fourth-order valence-electron chi connectivity index (χ4n) is 2.93. The Morgan fingerprint density at radius 2 is 2.00 bits per heavy atom. The van der Waals surface area contributed by atoms with E-state index in [2.05, 4.69) is 13.8 Å². The van der Waals surface area contributed by atoms with E-state index in [1.165, 1.54) is 12.1 Å². The first-order valence-electron chi connectivity index (χ1n) is 6.60. The monoisotopic (exact) mass is 250 g/mol. The SMILES string of the molecule is CCCC1(CCC)Cc2cc(F)cc(C=O)c2O1. The molecule has 0 aromatic heterocycles. The van der Waals surface area contributed by atoms with Gasteiger partial charge in [0.1, 0.15) is 17.2 Å². The van der Waals surface area contributed by atoms with Crippen molar-refractivity contribution in [3.63, 3.8) is 0 Å². The Kier molecular flexibility index (Phi) is 3.69. The molecule has 1 aromatic carbocycles. The van der Waals surface area contributed by atoms with Crippen molar-refractivity contribution in [1.29, 1.82) is 0 Å². The van der Waals surface area contributed by atoms with E-state index < -0.39 is 0 Å². The molecule has 0 bridgehead atoms. The molecule has 0 radical (unpaired) electrons. The molecule has 0 atom stereocenters. The Hall–Kier alpha value is -1.38. The quantitative estimate of drug-likeness (QED) is 0.740. The average Bonchev–Trinajstić information content (AvgIpc) is 2.67. The molecule has 0 saturated carbocycles. The van der Waals surface area contributed by atoms with Gasteiger partial charge in [-0.15, -0.1) is 0 Å². The van der Waals surface area contributed by atoms with Crippen molar-refractivity contribution in [3.05, 3.63) is 29.1 Å². The lowest BCUT2D eigenvalue weighted by Crippen LogP contribution is -2.34. The summed E-state index contributed by atoms with van der Waals surface area (Å²) in [7, 11) is 0. The minimum atomic E-state index is -0.358. The van der Waals surface area contributed by atoms with Gasteiger partial charge in [-0.05, 0) is 25.0 Å². The van der Waals surface area contributed by atoms with Gasteiger partial charge >= 0.3 is 0 Å². The first-order valence-corrected chi connectivity index (χ1v) is 6.60. The van der Waals surface area contributed by atoms with Crippen LogP contribution in [0.3, 0.4) is 0 Å². The Morgan fingerprint density at radius 3 is 2.56 bits per heavy atom. The van der Waals surface area contributed by atoms with Crippen molar-refractivity contribution in [3.8, 4) is 5.75 Å². The molecule has 2 rings (SSSR count). The van der Waals surface area contributed by atoms with Crippen LogP contribution < -0.4 is 4.74 Å². The summed E-state index contributed by atoms with van der Waals surface area (Å²) in [6.07, 6.45) is 5.31. The zero-order chi connectivity index (χ0) is 13.2. The molecule has 0 amide bonds. The van der Waals surface area contributed by atoms with Crippen LogP contribution in [0.2, 0.25) is 0 Å². The first-order chi connectivity index (χ1) is 8.64. The van der Waals surface area contributed by atoms with Crippen LogP contribution in [-0.4, -0.2) is 11.9 Å². The normalized spacial score (nSPS) is 16.2. The molecule has 18 heavy (non-hydrogen) atoms. The second-order valence-corrected chi connectivity index (χ2v) is 5.06. The van der Waals surface area contributed by atoms with Crippen LogP contribution in [-0.2, 0) is 6.42 Å². The number of carbonyl (C=O) groups is 1. The fourth-order valence-corrected chi connectivity index (χ4v) is 2.93. The highest BCUT2D eigenvalue weighted by molar-refractivity contribution is 5.80. The topological polar surface area (TPSA) is 26.3 Å². The fraction of sp³-hybridized carbons (Fsp3) is 0.533. The molecular formula is C15H19FO2. The van der Waals surface area contributed by atoms with E-state index >= 15 is 0 Å². The van der Waals surface area contributed by atoms with Gasteiger partial charge in [0, 0.05) is 12.0 Å². The molecule has 98 valence electrons. The molecule has 1 aliphatic heterocycles. The Morgan fingerprint density at radius 1 is 1.33 bits per heavy atom. The van der Waals surface area contributed by atoms with Crippen molar-refractivity contribution in [2.45, 2.75) is 51.6 Å². The lowest BCUT2D eigenvalue weighted by atomic mass is 9.88. The summed E-state index contributed by atoms with van der Waals surface area (Å²) in [5.41, 5.74) is 0.926. The van der Waals surface area contributed by atoms with Crippen LogP contribution in [0.5, 0.6) is 5.75 Å². The van der Waals surface area contributed by atoms with E-state index in [1.807, 2.05) is 0 Å². The Bertz CT molecular complexity index is 448. The zero-order valence-electron chi connectivity index (χ0n) is 11.0. The van der Waals surface area contributed by atoms with Crippen LogP contribution in [0.4, 0.5) is 4.39 Å². The second-order valence-electron chi connectivity index (χ2n) is 5.06. The first kappa shape index (κ1) is 13.1. The number of benzene rings is 1. The minimum absolute atomic E-state index is 0.239. The van der Waals surface area contributed by atoms with Crippen LogP contribution >= 0.6 is 0 Å². The number of rotatable bonds is 5. The minimum Gasteiger partial charge on any atom is -0.486 e. The standard InChI is InChI=1S/C15H19FO2/c1-3-5-15(6-4-2)9-11-7-13(16)8-12(10-17)14(11)18-15/h7-8,10H,3-6,9H2,1-2H3. The lowest BCUT2D eigenvalue weighted by Gasteiger charge is -2.28. The van der Waals surface area contributed by atoms with Crippen LogP contribution in [0.15, 0.2) is 12.1 Å². The van der Waals surface area contributed by atoms with E-state index in [4.69, 9.17) is 4.74 Å². The van der Waals surface area contributed by atoms with E-state index in [0.29, 0.717) is 24.0 Å². The molecule has 1 aromatic rings. The highest BCUT2D eigenvalue weighted by Gasteiger charge is 2.39. The number of carbonyl (C=O) groups excluding carboxylic acids is 1.